The first kappa shape index (κ1) is 26.7. The van der Waals surface area contributed by atoms with Crippen LogP contribution in [0, 0.1) is 5.92 Å². The van der Waals surface area contributed by atoms with Crippen LogP contribution in [0.15, 0.2) is 83.8 Å². The second-order valence-electron chi connectivity index (χ2n) is 8.45. The van der Waals surface area contributed by atoms with E-state index in [2.05, 4.69) is 5.32 Å². The summed E-state index contributed by atoms with van der Waals surface area (Å²) in [6.45, 7) is 1.96. The standard InChI is InChI=1S/C27H31N3O5S/c1-2-16-30(36(34,35)23-13-7-4-8-14-23)24-15-9-12-21(26(24)32)19-29-27(33)22(18-25(28)31)17-20-10-5-3-6-11-20/h3-15,22,32H,2,16-19H2,1H3,(H2,28,31)(H,29,33). The van der Waals surface area contributed by atoms with Gasteiger partial charge in [0.05, 0.1) is 16.5 Å². The van der Waals surface area contributed by atoms with E-state index in [0.717, 1.165) is 5.56 Å². The Hall–Kier alpha value is -3.85. The highest BCUT2D eigenvalue weighted by atomic mass is 32.2. The molecule has 0 aliphatic heterocycles. The molecule has 3 rings (SSSR count). The van der Waals surface area contributed by atoms with Crippen molar-refractivity contribution in [2.75, 3.05) is 10.8 Å². The number of amides is 2. The molecule has 0 spiro atoms. The Balaban J connectivity index is 1.82. The van der Waals surface area contributed by atoms with Crippen molar-refractivity contribution in [3.8, 4) is 5.75 Å². The second kappa shape index (κ2) is 12.2. The summed E-state index contributed by atoms with van der Waals surface area (Å²) in [4.78, 5) is 24.6. The van der Waals surface area contributed by atoms with Crippen molar-refractivity contribution in [1.82, 2.24) is 5.32 Å². The topological polar surface area (TPSA) is 130 Å². The number of para-hydroxylation sites is 1. The highest BCUT2D eigenvalue weighted by molar-refractivity contribution is 7.92. The molecule has 0 fully saturated rings. The summed E-state index contributed by atoms with van der Waals surface area (Å²) < 4.78 is 27.8. The van der Waals surface area contributed by atoms with Gasteiger partial charge in [-0.1, -0.05) is 67.6 Å². The molecule has 0 bridgehead atoms. The van der Waals surface area contributed by atoms with Crippen LogP contribution in [0.1, 0.15) is 30.9 Å². The number of rotatable bonds is 12. The monoisotopic (exact) mass is 509 g/mol. The molecule has 3 aromatic rings. The van der Waals surface area contributed by atoms with Gasteiger partial charge in [0.1, 0.15) is 5.75 Å². The number of phenols is 1. The van der Waals surface area contributed by atoms with Crippen LogP contribution < -0.4 is 15.4 Å². The molecule has 36 heavy (non-hydrogen) atoms. The number of aromatic hydroxyl groups is 1. The first-order valence-electron chi connectivity index (χ1n) is 11.7. The van der Waals surface area contributed by atoms with Gasteiger partial charge >= 0.3 is 0 Å². The van der Waals surface area contributed by atoms with E-state index in [1.807, 2.05) is 37.3 Å². The van der Waals surface area contributed by atoms with Crippen LogP contribution in [0.25, 0.3) is 0 Å². The number of hydrogen-bond donors (Lipinski definition) is 3. The minimum absolute atomic E-state index is 0.0477. The number of benzene rings is 3. The molecule has 0 aromatic heterocycles. The number of nitrogens with two attached hydrogens (primary N) is 1. The molecule has 2 amide bonds. The summed E-state index contributed by atoms with van der Waals surface area (Å²) in [5, 5.41) is 13.8. The highest BCUT2D eigenvalue weighted by Gasteiger charge is 2.27. The maximum Gasteiger partial charge on any atom is 0.264 e. The average Bonchev–Trinajstić information content (AvgIpc) is 2.87. The molecule has 0 aliphatic rings. The second-order valence-corrected chi connectivity index (χ2v) is 10.3. The van der Waals surface area contributed by atoms with Crippen LogP contribution in [0.4, 0.5) is 5.69 Å². The van der Waals surface area contributed by atoms with Gasteiger partial charge in [-0.2, -0.15) is 0 Å². The Labute approximate surface area is 211 Å². The zero-order valence-corrected chi connectivity index (χ0v) is 20.9. The van der Waals surface area contributed by atoms with E-state index in [0.29, 0.717) is 18.4 Å². The maximum absolute atomic E-state index is 13.3. The summed E-state index contributed by atoms with van der Waals surface area (Å²) in [5.74, 6) is -1.88. The third kappa shape index (κ3) is 6.63. The van der Waals surface area contributed by atoms with Gasteiger partial charge in [-0.15, -0.1) is 0 Å². The molecule has 0 aliphatic carbocycles. The molecule has 0 saturated heterocycles. The molecule has 190 valence electrons. The predicted molar refractivity (Wildman–Crippen MR) is 139 cm³/mol. The summed E-state index contributed by atoms with van der Waals surface area (Å²) in [6, 6.07) is 22.1. The van der Waals surface area contributed by atoms with Gasteiger partial charge in [0, 0.05) is 25.1 Å². The van der Waals surface area contributed by atoms with Crippen molar-refractivity contribution in [3.05, 3.63) is 90.0 Å². The Bertz CT molecular complexity index is 1280. The molecule has 4 N–H and O–H groups in total. The quantitative estimate of drug-likeness (QED) is 0.345. The molecule has 0 radical (unpaired) electrons. The van der Waals surface area contributed by atoms with E-state index < -0.39 is 21.8 Å². The van der Waals surface area contributed by atoms with Gasteiger partial charge in [-0.05, 0) is 36.6 Å². The fraction of sp³-hybridized carbons (Fsp3) is 0.259. The Kier molecular flexibility index (Phi) is 9.08. The fourth-order valence-corrected chi connectivity index (χ4v) is 5.53. The van der Waals surface area contributed by atoms with Gasteiger partial charge in [-0.3, -0.25) is 13.9 Å². The SMILES string of the molecule is CCCN(c1cccc(CNC(=O)C(CC(N)=O)Cc2ccccc2)c1O)S(=O)(=O)c1ccccc1. The van der Waals surface area contributed by atoms with Gasteiger partial charge < -0.3 is 16.2 Å². The van der Waals surface area contributed by atoms with Crippen LogP contribution in [0.2, 0.25) is 0 Å². The maximum atomic E-state index is 13.3. The first-order chi connectivity index (χ1) is 17.2. The number of hydrogen-bond acceptors (Lipinski definition) is 5. The predicted octanol–water partition coefficient (Wildman–Crippen LogP) is 3.35. The largest absolute Gasteiger partial charge is 0.505 e. The molecule has 8 nitrogen and oxygen atoms in total. The highest BCUT2D eigenvalue weighted by Crippen LogP contribution is 2.34. The number of phenolic OH excluding ortho intramolecular Hbond substituents is 1. The minimum Gasteiger partial charge on any atom is -0.505 e. The summed E-state index contributed by atoms with van der Waals surface area (Å²) in [7, 11) is -3.91. The molecule has 3 aromatic carbocycles. The number of carbonyl (C=O) groups is 2. The lowest BCUT2D eigenvalue weighted by Crippen LogP contribution is -2.34. The van der Waals surface area contributed by atoms with Gasteiger partial charge in [0.2, 0.25) is 11.8 Å². The van der Waals surface area contributed by atoms with E-state index in [9.17, 15) is 23.1 Å². The van der Waals surface area contributed by atoms with Crippen LogP contribution in [-0.2, 0) is 32.6 Å². The Morgan fingerprint density at radius 2 is 1.61 bits per heavy atom. The Morgan fingerprint density at radius 3 is 2.22 bits per heavy atom. The molecular weight excluding hydrogens is 478 g/mol. The number of primary amides is 1. The molecule has 9 heteroatoms. The normalized spacial score (nSPS) is 12.0. The smallest absolute Gasteiger partial charge is 0.264 e. The van der Waals surface area contributed by atoms with E-state index in [-0.39, 0.29) is 41.7 Å². The van der Waals surface area contributed by atoms with Crippen molar-refractivity contribution in [2.45, 2.75) is 37.6 Å². The fourth-order valence-electron chi connectivity index (χ4n) is 3.94. The third-order valence-corrected chi connectivity index (χ3v) is 7.55. The van der Waals surface area contributed by atoms with Crippen LogP contribution >= 0.6 is 0 Å². The number of nitrogens with one attached hydrogen (secondary N) is 1. The first-order valence-corrected chi connectivity index (χ1v) is 13.2. The van der Waals surface area contributed by atoms with Crippen molar-refractivity contribution < 1.29 is 23.1 Å². The lowest BCUT2D eigenvalue weighted by Gasteiger charge is -2.26. The van der Waals surface area contributed by atoms with Gasteiger partial charge in [-0.25, -0.2) is 8.42 Å². The summed E-state index contributed by atoms with van der Waals surface area (Å²) >= 11 is 0. The van der Waals surface area contributed by atoms with Crippen LogP contribution in [0.3, 0.4) is 0 Å². The van der Waals surface area contributed by atoms with Crippen molar-refractivity contribution in [3.63, 3.8) is 0 Å². The summed E-state index contributed by atoms with van der Waals surface area (Å²) in [5.41, 5.74) is 6.74. The lowest BCUT2D eigenvalue weighted by atomic mass is 9.95. The van der Waals surface area contributed by atoms with Gasteiger partial charge in [0.15, 0.2) is 0 Å². The van der Waals surface area contributed by atoms with Crippen LogP contribution in [-0.4, -0.2) is 31.9 Å². The number of sulfonamides is 1. The van der Waals surface area contributed by atoms with E-state index in [1.54, 1.807) is 30.3 Å². The molecule has 1 atom stereocenters. The van der Waals surface area contributed by atoms with E-state index in [4.69, 9.17) is 5.73 Å². The summed E-state index contributed by atoms with van der Waals surface area (Å²) in [6.07, 6.45) is 0.744. The van der Waals surface area contributed by atoms with E-state index >= 15 is 0 Å². The van der Waals surface area contributed by atoms with Crippen molar-refractivity contribution in [2.24, 2.45) is 11.7 Å². The minimum atomic E-state index is -3.91. The number of nitrogens with zero attached hydrogens (tertiary/aromatic N) is 1. The Morgan fingerprint density at radius 1 is 0.972 bits per heavy atom. The molecule has 0 heterocycles. The third-order valence-electron chi connectivity index (χ3n) is 5.72. The number of carbonyl (C=O) groups excluding carboxylic acids is 2. The van der Waals surface area contributed by atoms with Crippen molar-refractivity contribution >= 4 is 27.5 Å². The average molecular weight is 510 g/mol. The van der Waals surface area contributed by atoms with Gasteiger partial charge in [0.25, 0.3) is 10.0 Å². The lowest BCUT2D eigenvalue weighted by molar-refractivity contribution is -0.129. The molecular formula is C27H31N3O5S. The van der Waals surface area contributed by atoms with E-state index in [1.165, 1.54) is 22.5 Å². The van der Waals surface area contributed by atoms with Crippen LogP contribution in [0.5, 0.6) is 5.75 Å². The number of anilines is 1. The molecule has 1 unspecified atom stereocenters. The zero-order chi connectivity index (χ0) is 26.1. The zero-order valence-electron chi connectivity index (χ0n) is 20.1. The van der Waals surface area contributed by atoms with Crippen molar-refractivity contribution in [1.29, 1.82) is 0 Å². The molecule has 0 saturated carbocycles.